The first kappa shape index (κ1) is 29.8. The average molecular weight is 703 g/mol. The van der Waals surface area contributed by atoms with Gasteiger partial charge in [-0.05, 0) is 107 Å². The van der Waals surface area contributed by atoms with Crippen molar-refractivity contribution in [3.63, 3.8) is 0 Å². The quantitative estimate of drug-likeness (QED) is 0.167. The fourth-order valence-electron chi connectivity index (χ4n) is 8.99. The Morgan fingerprint density at radius 1 is 0.315 bits per heavy atom. The molecule has 12 aromatic rings. The molecule has 0 amide bonds. The third kappa shape index (κ3) is 4.32. The van der Waals surface area contributed by atoms with Crippen molar-refractivity contribution in [2.24, 2.45) is 0 Å². The van der Waals surface area contributed by atoms with Crippen molar-refractivity contribution in [1.82, 2.24) is 0 Å². The van der Waals surface area contributed by atoms with Gasteiger partial charge >= 0.3 is 0 Å². The molecule has 12 rings (SSSR count). The van der Waals surface area contributed by atoms with E-state index < -0.39 is 0 Å². The summed E-state index contributed by atoms with van der Waals surface area (Å²) >= 11 is 1.88. The van der Waals surface area contributed by atoms with Crippen molar-refractivity contribution >= 4 is 96.5 Å². The summed E-state index contributed by atoms with van der Waals surface area (Å²) in [4.78, 5) is 0. The van der Waals surface area contributed by atoms with Crippen LogP contribution in [0.5, 0.6) is 0 Å². The number of hydrogen-bond donors (Lipinski definition) is 0. The predicted octanol–water partition coefficient (Wildman–Crippen LogP) is 15.6. The van der Waals surface area contributed by atoms with E-state index in [1.165, 1.54) is 107 Å². The summed E-state index contributed by atoms with van der Waals surface area (Å²) in [7, 11) is 0. The molecule has 0 bridgehead atoms. The zero-order valence-electron chi connectivity index (χ0n) is 29.1. The van der Waals surface area contributed by atoms with Crippen molar-refractivity contribution < 1.29 is 4.42 Å². The van der Waals surface area contributed by atoms with E-state index in [0.29, 0.717) is 0 Å². The SMILES string of the molecule is c1cc(-c2ccc3sc4c(ccc5ccc6oc7ccccc7c6c54)c3c2)cc(-c2c3ccccc3c(-c3ccc4ccccc4c3)c3ccccc23)c1. The molecule has 1 nitrogen and oxygen atoms in total. The lowest BCUT2D eigenvalue weighted by molar-refractivity contribution is 0.669. The topological polar surface area (TPSA) is 13.1 Å². The van der Waals surface area contributed by atoms with E-state index in [9.17, 15) is 0 Å². The van der Waals surface area contributed by atoms with Gasteiger partial charge in [0.15, 0.2) is 0 Å². The number of fused-ring (bicyclic) bond motifs is 12. The predicted molar refractivity (Wildman–Crippen MR) is 233 cm³/mol. The smallest absolute Gasteiger partial charge is 0.136 e. The van der Waals surface area contributed by atoms with Gasteiger partial charge in [-0.3, -0.25) is 0 Å². The largest absolute Gasteiger partial charge is 0.456 e. The van der Waals surface area contributed by atoms with E-state index in [1.807, 2.05) is 17.4 Å². The van der Waals surface area contributed by atoms with Gasteiger partial charge < -0.3 is 4.42 Å². The highest BCUT2D eigenvalue weighted by Crippen LogP contribution is 2.47. The Balaban J connectivity index is 1.05. The molecule has 0 aliphatic heterocycles. The molecule has 250 valence electrons. The van der Waals surface area contributed by atoms with Crippen LogP contribution in [0.1, 0.15) is 0 Å². The molecule has 2 aromatic heterocycles. The van der Waals surface area contributed by atoms with Gasteiger partial charge in [0.2, 0.25) is 0 Å². The molecule has 10 aromatic carbocycles. The molecule has 2 heteroatoms. The van der Waals surface area contributed by atoms with Crippen LogP contribution in [0.2, 0.25) is 0 Å². The van der Waals surface area contributed by atoms with Crippen LogP contribution < -0.4 is 0 Å². The second-order valence-corrected chi connectivity index (χ2v) is 15.4. The van der Waals surface area contributed by atoms with Gasteiger partial charge in [-0.25, -0.2) is 0 Å². The highest BCUT2D eigenvalue weighted by atomic mass is 32.1. The third-order valence-corrected chi connectivity index (χ3v) is 12.6. The van der Waals surface area contributed by atoms with Gasteiger partial charge in [0.05, 0.1) is 0 Å². The van der Waals surface area contributed by atoms with Crippen LogP contribution in [0.4, 0.5) is 0 Å². The minimum atomic E-state index is 0.934. The van der Waals surface area contributed by atoms with Crippen molar-refractivity contribution in [2.45, 2.75) is 0 Å². The zero-order valence-corrected chi connectivity index (χ0v) is 30.0. The Morgan fingerprint density at radius 3 is 1.69 bits per heavy atom. The Morgan fingerprint density at radius 2 is 0.907 bits per heavy atom. The molecular weight excluding hydrogens is 673 g/mol. The summed E-state index contributed by atoms with van der Waals surface area (Å²) in [5.74, 6) is 0. The Labute approximate surface area is 314 Å². The van der Waals surface area contributed by atoms with E-state index in [-0.39, 0.29) is 0 Å². The minimum Gasteiger partial charge on any atom is -0.456 e. The molecule has 0 radical (unpaired) electrons. The van der Waals surface area contributed by atoms with Crippen LogP contribution in [-0.2, 0) is 0 Å². The number of furan rings is 1. The standard InChI is InChI=1S/C52H30OS/c1-2-11-33-28-37(21-20-31(33)10-1)49-40-16-5-3-14-38(40)48(39-15-4-6-17-41(39)49)36-13-9-12-34(29-36)35-24-27-47-44(30-35)42-25-22-32-23-26-46-51(50(32)52(42)54-47)43-18-7-8-19-45(43)53-46/h1-30H. The fraction of sp³-hybridized carbons (Fsp3) is 0. The molecular formula is C52H30OS. The molecule has 0 atom stereocenters. The summed E-state index contributed by atoms with van der Waals surface area (Å²) in [5, 5.41) is 15.1. The maximum atomic E-state index is 6.31. The molecule has 0 unspecified atom stereocenters. The number of rotatable bonds is 3. The van der Waals surface area contributed by atoms with Crippen molar-refractivity contribution in [3.05, 3.63) is 182 Å². The van der Waals surface area contributed by atoms with E-state index in [0.717, 1.165) is 11.2 Å². The number of thiophene rings is 1. The monoisotopic (exact) mass is 702 g/mol. The lowest BCUT2D eigenvalue weighted by Crippen LogP contribution is -1.91. The lowest BCUT2D eigenvalue weighted by atomic mass is 9.85. The maximum absolute atomic E-state index is 6.31. The normalized spacial score (nSPS) is 12.1. The van der Waals surface area contributed by atoms with Crippen LogP contribution >= 0.6 is 11.3 Å². The first-order valence-corrected chi connectivity index (χ1v) is 19.3. The minimum absolute atomic E-state index is 0.934. The van der Waals surface area contributed by atoms with E-state index in [4.69, 9.17) is 4.42 Å². The molecule has 2 heterocycles. The maximum Gasteiger partial charge on any atom is 0.136 e. The molecule has 54 heavy (non-hydrogen) atoms. The number of hydrogen-bond acceptors (Lipinski definition) is 2. The molecule has 0 spiro atoms. The van der Waals surface area contributed by atoms with Gasteiger partial charge in [-0.2, -0.15) is 0 Å². The van der Waals surface area contributed by atoms with Crippen LogP contribution in [0.15, 0.2) is 186 Å². The molecule has 0 saturated carbocycles. The second-order valence-electron chi connectivity index (χ2n) is 14.4. The number of para-hydroxylation sites is 1. The van der Waals surface area contributed by atoms with Gasteiger partial charge in [-0.1, -0.05) is 146 Å². The molecule has 0 aliphatic carbocycles. The first-order valence-electron chi connectivity index (χ1n) is 18.5. The van der Waals surface area contributed by atoms with Crippen molar-refractivity contribution in [2.75, 3.05) is 0 Å². The summed E-state index contributed by atoms with van der Waals surface area (Å²) in [6.45, 7) is 0. The Hall–Kier alpha value is -6.74. The molecule has 0 saturated heterocycles. The molecule has 0 N–H and O–H groups in total. The summed E-state index contributed by atoms with van der Waals surface area (Å²) < 4.78 is 8.92. The zero-order chi connectivity index (χ0) is 35.3. The molecule has 0 aliphatic rings. The molecule has 0 fully saturated rings. The highest BCUT2D eigenvalue weighted by molar-refractivity contribution is 7.26. The van der Waals surface area contributed by atoms with Gasteiger partial charge in [0.25, 0.3) is 0 Å². The van der Waals surface area contributed by atoms with E-state index >= 15 is 0 Å². The summed E-state index contributed by atoms with van der Waals surface area (Å²) in [5.41, 5.74) is 9.34. The average Bonchev–Trinajstić information content (AvgIpc) is 3.81. The second kappa shape index (κ2) is 11.4. The van der Waals surface area contributed by atoms with Crippen molar-refractivity contribution in [1.29, 1.82) is 0 Å². The van der Waals surface area contributed by atoms with Crippen LogP contribution in [-0.4, -0.2) is 0 Å². The Kier molecular flexibility index (Phi) is 6.28. The Bertz CT molecular complexity index is 3450. The fourth-order valence-corrected chi connectivity index (χ4v) is 10.2. The first-order chi connectivity index (χ1) is 26.8. The number of benzene rings is 10. The van der Waals surface area contributed by atoms with Crippen molar-refractivity contribution in [3.8, 4) is 33.4 Å². The summed E-state index contributed by atoms with van der Waals surface area (Å²) in [6, 6.07) is 66.8. The van der Waals surface area contributed by atoms with Crippen LogP contribution in [0.25, 0.3) is 119 Å². The summed E-state index contributed by atoms with van der Waals surface area (Å²) in [6.07, 6.45) is 0. The highest BCUT2D eigenvalue weighted by Gasteiger charge is 2.19. The van der Waals surface area contributed by atoms with Gasteiger partial charge in [0.1, 0.15) is 11.2 Å². The van der Waals surface area contributed by atoms with Gasteiger partial charge in [0, 0.05) is 36.3 Å². The van der Waals surface area contributed by atoms with Gasteiger partial charge in [-0.15, -0.1) is 11.3 Å². The van der Waals surface area contributed by atoms with E-state index in [1.54, 1.807) is 0 Å². The van der Waals surface area contributed by atoms with E-state index in [2.05, 4.69) is 176 Å². The van der Waals surface area contributed by atoms with Crippen LogP contribution in [0.3, 0.4) is 0 Å². The van der Waals surface area contributed by atoms with Crippen LogP contribution in [0, 0.1) is 0 Å². The third-order valence-electron chi connectivity index (χ3n) is 11.4. The lowest BCUT2D eigenvalue weighted by Gasteiger charge is -2.18.